The maximum atomic E-state index is 13.3. The summed E-state index contributed by atoms with van der Waals surface area (Å²) in [4.78, 5) is 15.0. The normalized spacial score (nSPS) is 11.3. The number of aromatic hydroxyl groups is 1. The first kappa shape index (κ1) is 19.1. The number of hydrogen-bond acceptors (Lipinski definition) is 3. The van der Waals surface area contributed by atoms with Gasteiger partial charge >= 0.3 is 0 Å². The van der Waals surface area contributed by atoms with E-state index in [4.69, 9.17) is 4.74 Å². The van der Waals surface area contributed by atoms with Crippen molar-refractivity contribution in [2.75, 3.05) is 6.61 Å². The van der Waals surface area contributed by atoms with Crippen molar-refractivity contribution in [3.05, 3.63) is 35.9 Å². The van der Waals surface area contributed by atoms with Crippen molar-refractivity contribution in [3.8, 4) is 11.5 Å². The molecule has 1 amide bonds. The average molecular weight is 343 g/mol. The highest BCUT2D eigenvalue weighted by Gasteiger charge is 2.27. The van der Waals surface area contributed by atoms with Gasteiger partial charge < -0.3 is 14.7 Å². The molecule has 0 aliphatic rings. The van der Waals surface area contributed by atoms with Crippen LogP contribution in [0.4, 0.5) is 0 Å². The van der Waals surface area contributed by atoms with Crippen LogP contribution >= 0.6 is 0 Å². The van der Waals surface area contributed by atoms with Crippen molar-refractivity contribution in [1.29, 1.82) is 0 Å². The Balaban J connectivity index is 2.61. The Morgan fingerprint density at radius 2 is 1.80 bits per heavy atom. The molecule has 0 aliphatic heterocycles. The molecular weight excluding hydrogens is 314 g/mol. The van der Waals surface area contributed by atoms with Crippen molar-refractivity contribution in [1.82, 2.24) is 4.90 Å². The lowest BCUT2D eigenvalue weighted by Gasteiger charge is -2.31. The number of carbonyl (C=O) groups is 1. The molecule has 0 fully saturated rings. The molecule has 0 bridgehead atoms. The highest BCUT2D eigenvalue weighted by atomic mass is 16.5. The highest BCUT2D eigenvalue weighted by Crippen LogP contribution is 2.35. The summed E-state index contributed by atoms with van der Waals surface area (Å²) in [7, 11) is 0. The monoisotopic (exact) mass is 343 g/mol. The van der Waals surface area contributed by atoms with E-state index in [2.05, 4.69) is 6.92 Å². The van der Waals surface area contributed by atoms with Crippen LogP contribution in [-0.2, 0) is 0 Å². The molecular formula is C21H29NO3. The summed E-state index contributed by atoms with van der Waals surface area (Å²) in [6.45, 7) is 10.6. The van der Waals surface area contributed by atoms with Crippen LogP contribution in [0.1, 0.15) is 57.8 Å². The Bertz CT molecular complexity index is 729. The van der Waals surface area contributed by atoms with E-state index >= 15 is 0 Å². The van der Waals surface area contributed by atoms with Gasteiger partial charge in [0.15, 0.2) is 0 Å². The van der Waals surface area contributed by atoms with E-state index in [9.17, 15) is 9.90 Å². The topological polar surface area (TPSA) is 49.8 Å². The molecule has 0 aliphatic carbocycles. The van der Waals surface area contributed by atoms with Crippen LogP contribution in [0, 0.1) is 0 Å². The average Bonchev–Trinajstić information content (AvgIpc) is 2.54. The SMILES string of the molecule is CCCCOc1cccc2ccc(O)c(C(=O)N(C(C)C)C(C)C)c12. The lowest BCUT2D eigenvalue weighted by atomic mass is 10.00. The van der Waals surface area contributed by atoms with Crippen LogP contribution in [0.25, 0.3) is 10.8 Å². The summed E-state index contributed by atoms with van der Waals surface area (Å²) in [6, 6.07) is 9.20. The molecule has 4 nitrogen and oxygen atoms in total. The minimum Gasteiger partial charge on any atom is -0.507 e. The second-order valence-corrected chi connectivity index (χ2v) is 6.92. The maximum Gasteiger partial charge on any atom is 0.258 e. The molecule has 0 saturated heterocycles. The Morgan fingerprint density at radius 3 is 2.40 bits per heavy atom. The zero-order chi connectivity index (χ0) is 18.6. The van der Waals surface area contributed by atoms with Crippen LogP contribution in [-0.4, -0.2) is 34.6 Å². The molecule has 2 aromatic rings. The van der Waals surface area contributed by atoms with E-state index in [0.717, 1.165) is 18.2 Å². The number of ether oxygens (including phenoxy) is 1. The van der Waals surface area contributed by atoms with E-state index in [1.54, 1.807) is 11.0 Å². The van der Waals surface area contributed by atoms with Gasteiger partial charge in [-0.2, -0.15) is 0 Å². The molecule has 4 heteroatoms. The molecule has 0 heterocycles. The molecule has 0 atom stereocenters. The summed E-state index contributed by atoms with van der Waals surface area (Å²) in [5.41, 5.74) is 0.326. The molecule has 0 unspecified atom stereocenters. The third-order valence-electron chi connectivity index (χ3n) is 4.30. The number of benzene rings is 2. The summed E-state index contributed by atoms with van der Waals surface area (Å²) >= 11 is 0. The van der Waals surface area contributed by atoms with Gasteiger partial charge in [-0.05, 0) is 51.6 Å². The number of fused-ring (bicyclic) bond motifs is 1. The van der Waals surface area contributed by atoms with Crippen LogP contribution < -0.4 is 4.74 Å². The number of phenols is 1. The Morgan fingerprint density at radius 1 is 1.12 bits per heavy atom. The number of unbranched alkanes of at least 4 members (excludes halogenated alkanes) is 1. The molecule has 0 spiro atoms. The quantitative estimate of drug-likeness (QED) is 0.721. The predicted octanol–water partition coefficient (Wildman–Crippen LogP) is 4.98. The van der Waals surface area contributed by atoms with Gasteiger partial charge in [0, 0.05) is 17.5 Å². The lowest BCUT2D eigenvalue weighted by molar-refractivity contribution is 0.0642. The van der Waals surface area contributed by atoms with Crippen molar-refractivity contribution in [3.63, 3.8) is 0 Å². The largest absolute Gasteiger partial charge is 0.507 e. The van der Waals surface area contributed by atoms with Gasteiger partial charge in [0.1, 0.15) is 11.5 Å². The number of hydrogen-bond donors (Lipinski definition) is 1. The predicted molar refractivity (Wildman–Crippen MR) is 102 cm³/mol. The molecule has 136 valence electrons. The van der Waals surface area contributed by atoms with E-state index in [-0.39, 0.29) is 23.7 Å². The van der Waals surface area contributed by atoms with Crippen LogP contribution in [0.3, 0.4) is 0 Å². The van der Waals surface area contributed by atoms with Crippen molar-refractivity contribution >= 4 is 16.7 Å². The first-order valence-electron chi connectivity index (χ1n) is 9.08. The number of carbonyl (C=O) groups excluding carboxylic acids is 1. The molecule has 0 aromatic heterocycles. The van der Waals surface area contributed by atoms with Crippen LogP contribution in [0.5, 0.6) is 11.5 Å². The van der Waals surface area contributed by atoms with Gasteiger partial charge in [-0.25, -0.2) is 0 Å². The first-order valence-corrected chi connectivity index (χ1v) is 9.08. The van der Waals surface area contributed by atoms with Gasteiger partial charge in [-0.1, -0.05) is 31.5 Å². The summed E-state index contributed by atoms with van der Waals surface area (Å²) in [5, 5.41) is 12.1. The van der Waals surface area contributed by atoms with Crippen LogP contribution in [0.2, 0.25) is 0 Å². The van der Waals surface area contributed by atoms with Crippen molar-refractivity contribution in [2.45, 2.75) is 59.5 Å². The fourth-order valence-corrected chi connectivity index (χ4v) is 3.19. The fourth-order valence-electron chi connectivity index (χ4n) is 3.19. The minimum atomic E-state index is -0.167. The first-order chi connectivity index (χ1) is 11.9. The molecule has 2 aromatic carbocycles. The highest BCUT2D eigenvalue weighted by molar-refractivity contribution is 6.11. The standard InChI is InChI=1S/C21H29NO3/c1-6-7-13-25-18-10-8-9-16-11-12-17(23)20(19(16)18)21(24)22(14(2)3)15(4)5/h8-12,14-15,23H,6-7,13H2,1-5H3. The third-order valence-corrected chi connectivity index (χ3v) is 4.30. The Hall–Kier alpha value is -2.23. The zero-order valence-electron chi connectivity index (χ0n) is 15.9. The lowest BCUT2D eigenvalue weighted by Crippen LogP contribution is -2.42. The molecule has 2 rings (SSSR count). The summed E-state index contributed by atoms with van der Waals surface area (Å²) < 4.78 is 5.92. The number of nitrogens with zero attached hydrogens (tertiary/aromatic N) is 1. The van der Waals surface area contributed by atoms with Gasteiger partial charge in [0.2, 0.25) is 0 Å². The molecule has 25 heavy (non-hydrogen) atoms. The van der Waals surface area contributed by atoms with Crippen LogP contribution in [0.15, 0.2) is 30.3 Å². The number of rotatable bonds is 7. The second kappa shape index (κ2) is 8.24. The second-order valence-electron chi connectivity index (χ2n) is 6.92. The summed E-state index contributed by atoms with van der Waals surface area (Å²) in [5.74, 6) is 0.479. The smallest absolute Gasteiger partial charge is 0.258 e. The number of phenolic OH excluding ortho intramolecular Hbond substituents is 1. The van der Waals surface area contributed by atoms with Gasteiger partial charge in [-0.15, -0.1) is 0 Å². The Labute approximate surface area is 150 Å². The van der Waals surface area contributed by atoms with E-state index < -0.39 is 0 Å². The number of amides is 1. The fraction of sp³-hybridized carbons (Fsp3) is 0.476. The minimum absolute atomic E-state index is 0.00431. The van der Waals surface area contributed by atoms with Gasteiger partial charge in [-0.3, -0.25) is 4.79 Å². The van der Waals surface area contributed by atoms with Crippen molar-refractivity contribution < 1.29 is 14.6 Å². The van der Waals surface area contributed by atoms with E-state index in [1.807, 2.05) is 52.0 Å². The van der Waals surface area contributed by atoms with Crippen molar-refractivity contribution in [2.24, 2.45) is 0 Å². The Kier molecular flexibility index (Phi) is 6.29. The molecule has 0 radical (unpaired) electrons. The molecule has 1 N–H and O–H groups in total. The third kappa shape index (κ3) is 4.06. The van der Waals surface area contributed by atoms with E-state index in [0.29, 0.717) is 23.3 Å². The summed E-state index contributed by atoms with van der Waals surface area (Å²) in [6.07, 6.45) is 1.98. The van der Waals surface area contributed by atoms with Gasteiger partial charge in [0.25, 0.3) is 5.91 Å². The zero-order valence-corrected chi connectivity index (χ0v) is 15.9. The van der Waals surface area contributed by atoms with E-state index in [1.165, 1.54) is 0 Å². The molecule has 0 saturated carbocycles. The van der Waals surface area contributed by atoms with Gasteiger partial charge in [0.05, 0.1) is 12.2 Å². The maximum absolute atomic E-state index is 13.3.